The summed E-state index contributed by atoms with van der Waals surface area (Å²) in [6.45, 7) is 5.93. The van der Waals surface area contributed by atoms with E-state index in [1.54, 1.807) is 18.2 Å². The number of fused-ring (bicyclic) bond motifs is 1. The predicted molar refractivity (Wildman–Crippen MR) is 149 cm³/mol. The number of anilines is 2. The SMILES string of the molecule is Cc1cc(NS(=O)(=O)c2cccc(Cl)c2)c2c(-c3cccc(N4CCN(C(=O)O)CC4)c3)c(C)sc2n1. The van der Waals surface area contributed by atoms with E-state index in [2.05, 4.69) is 20.7 Å². The number of nitrogens with zero attached hydrogens (tertiary/aromatic N) is 3. The van der Waals surface area contributed by atoms with Gasteiger partial charge in [-0.3, -0.25) is 4.72 Å². The van der Waals surface area contributed by atoms with Crippen molar-refractivity contribution in [3.63, 3.8) is 0 Å². The van der Waals surface area contributed by atoms with E-state index in [1.807, 2.05) is 32.0 Å². The molecule has 8 nitrogen and oxygen atoms in total. The van der Waals surface area contributed by atoms with E-state index in [9.17, 15) is 18.3 Å². The lowest BCUT2D eigenvalue weighted by molar-refractivity contribution is 0.142. The van der Waals surface area contributed by atoms with E-state index in [-0.39, 0.29) is 4.90 Å². The Hall–Kier alpha value is -3.34. The minimum atomic E-state index is -3.89. The summed E-state index contributed by atoms with van der Waals surface area (Å²) >= 11 is 7.57. The number of benzene rings is 2. The predicted octanol–water partition coefficient (Wildman–Crippen LogP) is 5.83. The zero-order chi connectivity index (χ0) is 26.3. The van der Waals surface area contributed by atoms with Crippen LogP contribution in [0.15, 0.2) is 59.5 Å². The summed E-state index contributed by atoms with van der Waals surface area (Å²) in [5.41, 5.74) is 4.01. The van der Waals surface area contributed by atoms with Crippen molar-refractivity contribution in [2.45, 2.75) is 18.7 Å². The number of aromatic nitrogens is 1. The second-order valence-corrected chi connectivity index (χ2v) is 12.2. The van der Waals surface area contributed by atoms with Crippen molar-refractivity contribution in [1.29, 1.82) is 0 Å². The Morgan fingerprint density at radius 3 is 2.49 bits per heavy atom. The van der Waals surface area contributed by atoms with Gasteiger partial charge in [-0.05, 0) is 55.8 Å². The normalized spacial score (nSPS) is 14.2. The number of hydrogen-bond donors (Lipinski definition) is 2. The number of piperazine rings is 1. The van der Waals surface area contributed by atoms with Crippen LogP contribution in [0.2, 0.25) is 5.02 Å². The Kier molecular flexibility index (Phi) is 6.74. The number of carboxylic acid groups (broad SMARTS) is 1. The maximum absolute atomic E-state index is 13.3. The molecular weight excluding hydrogens is 532 g/mol. The molecule has 0 unspecified atom stereocenters. The van der Waals surface area contributed by atoms with Crippen LogP contribution in [0.4, 0.5) is 16.2 Å². The minimum absolute atomic E-state index is 0.0821. The Morgan fingerprint density at radius 2 is 1.78 bits per heavy atom. The first-order valence-electron chi connectivity index (χ1n) is 11.6. The van der Waals surface area contributed by atoms with Gasteiger partial charge >= 0.3 is 6.09 Å². The Balaban J connectivity index is 1.56. The number of aryl methyl sites for hydroxylation is 2. The van der Waals surface area contributed by atoms with E-state index in [1.165, 1.54) is 28.4 Å². The maximum atomic E-state index is 13.3. The molecule has 2 aromatic heterocycles. The van der Waals surface area contributed by atoms with Crippen LogP contribution in [0.5, 0.6) is 0 Å². The highest BCUT2D eigenvalue weighted by Gasteiger charge is 2.23. The second kappa shape index (κ2) is 9.85. The first-order valence-corrected chi connectivity index (χ1v) is 14.3. The standard InChI is InChI=1S/C26H25ClN4O4S2/c1-16-13-22(29-37(34,35)21-8-4-6-19(27)15-21)24-23(17(2)36-25(24)28-16)18-5-3-7-20(14-18)30-9-11-31(12-10-30)26(32)33/h3-8,13-15H,9-12H2,1-2H3,(H,28,29)(H,32,33). The van der Waals surface area contributed by atoms with Gasteiger partial charge in [0.2, 0.25) is 0 Å². The average Bonchev–Trinajstić information content (AvgIpc) is 3.19. The van der Waals surface area contributed by atoms with Crippen LogP contribution < -0.4 is 9.62 Å². The van der Waals surface area contributed by atoms with Gasteiger partial charge in [0.05, 0.1) is 10.6 Å². The van der Waals surface area contributed by atoms with Gasteiger partial charge in [0.1, 0.15) is 4.83 Å². The third kappa shape index (κ3) is 5.09. The Bertz CT molecular complexity index is 1610. The fourth-order valence-corrected chi connectivity index (χ4v) is 7.09. The highest BCUT2D eigenvalue weighted by atomic mass is 35.5. The number of thiophene rings is 1. The van der Waals surface area contributed by atoms with Gasteiger partial charge in [0, 0.05) is 58.4 Å². The summed E-state index contributed by atoms with van der Waals surface area (Å²) in [5.74, 6) is 0. The van der Waals surface area contributed by atoms with E-state index in [0.717, 1.165) is 31.9 Å². The van der Waals surface area contributed by atoms with E-state index >= 15 is 0 Å². The molecule has 0 radical (unpaired) electrons. The first-order chi connectivity index (χ1) is 17.6. The van der Waals surface area contributed by atoms with Crippen LogP contribution in [0.1, 0.15) is 10.6 Å². The quantitative estimate of drug-likeness (QED) is 0.320. The summed E-state index contributed by atoms with van der Waals surface area (Å²) < 4.78 is 29.3. The number of hydrogen-bond acceptors (Lipinski definition) is 6. The van der Waals surface area contributed by atoms with Crippen LogP contribution >= 0.6 is 22.9 Å². The molecule has 3 heterocycles. The van der Waals surface area contributed by atoms with Gasteiger partial charge in [-0.15, -0.1) is 11.3 Å². The number of amides is 1. The van der Waals surface area contributed by atoms with Crippen LogP contribution in [0, 0.1) is 13.8 Å². The van der Waals surface area contributed by atoms with Crippen molar-refractivity contribution < 1.29 is 18.3 Å². The number of rotatable bonds is 5. The zero-order valence-electron chi connectivity index (χ0n) is 20.2. The van der Waals surface area contributed by atoms with Gasteiger partial charge in [-0.1, -0.05) is 29.8 Å². The molecule has 0 aliphatic carbocycles. The molecule has 2 N–H and O–H groups in total. The summed E-state index contributed by atoms with van der Waals surface area (Å²) in [7, 11) is -3.89. The second-order valence-electron chi connectivity index (χ2n) is 8.89. The molecule has 11 heteroatoms. The molecule has 192 valence electrons. The third-order valence-electron chi connectivity index (χ3n) is 6.37. The average molecular weight is 557 g/mol. The highest BCUT2D eigenvalue weighted by molar-refractivity contribution is 7.92. The number of pyridine rings is 1. The molecule has 5 rings (SSSR count). The highest BCUT2D eigenvalue weighted by Crippen LogP contribution is 2.43. The number of halogens is 1. The van der Waals surface area contributed by atoms with Gasteiger partial charge in [0.15, 0.2) is 0 Å². The zero-order valence-corrected chi connectivity index (χ0v) is 22.6. The topological polar surface area (TPSA) is 103 Å². The van der Waals surface area contributed by atoms with Crippen molar-refractivity contribution in [3.05, 3.63) is 70.2 Å². The smallest absolute Gasteiger partial charge is 0.407 e. The monoisotopic (exact) mass is 556 g/mol. The van der Waals surface area contributed by atoms with Crippen molar-refractivity contribution in [1.82, 2.24) is 9.88 Å². The Labute approximate surface area is 224 Å². The summed E-state index contributed by atoms with van der Waals surface area (Å²) in [4.78, 5) is 21.4. The molecule has 1 saturated heterocycles. The lowest BCUT2D eigenvalue weighted by atomic mass is 10.0. The first kappa shape index (κ1) is 25.3. The molecule has 2 aromatic carbocycles. The van der Waals surface area contributed by atoms with Gasteiger partial charge in [-0.2, -0.15) is 0 Å². The van der Waals surface area contributed by atoms with E-state index in [4.69, 9.17) is 11.6 Å². The summed E-state index contributed by atoms with van der Waals surface area (Å²) in [6, 6.07) is 15.9. The number of sulfonamides is 1. The van der Waals surface area contributed by atoms with Crippen LogP contribution in [0.25, 0.3) is 21.3 Å². The fourth-order valence-electron chi connectivity index (χ4n) is 4.61. The molecule has 0 saturated carbocycles. The number of nitrogens with one attached hydrogen (secondary N) is 1. The van der Waals surface area contributed by atoms with Crippen LogP contribution in [-0.2, 0) is 10.0 Å². The molecule has 0 bridgehead atoms. The summed E-state index contributed by atoms with van der Waals surface area (Å²) in [5, 5.41) is 10.3. The molecule has 1 amide bonds. The van der Waals surface area contributed by atoms with Crippen LogP contribution in [-0.4, -0.2) is 55.7 Å². The molecule has 1 aliphatic rings. The van der Waals surface area contributed by atoms with Crippen molar-refractivity contribution in [3.8, 4) is 11.1 Å². The van der Waals surface area contributed by atoms with Crippen molar-refractivity contribution in [2.75, 3.05) is 35.8 Å². The minimum Gasteiger partial charge on any atom is -0.465 e. The van der Waals surface area contributed by atoms with Crippen molar-refractivity contribution >= 4 is 60.6 Å². The van der Waals surface area contributed by atoms with Crippen LogP contribution in [0.3, 0.4) is 0 Å². The van der Waals surface area contributed by atoms with E-state index in [0.29, 0.717) is 42.6 Å². The molecule has 1 aliphatic heterocycles. The molecule has 0 atom stereocenters. The molecule has 0 spiro atoms. The molecule has 4 aromatic rings. The fraction of sp³-hybridized carbons (Fsp3) is 0.231. The molecule has 37 heavy (non-hydrogen) atoms. The van der Waals surface area contributed by atoms with E-state index < -0.39 is 16.1 Å². The molecule has 1 fully saturated rings. The largest absolute Gasteiger partial charge is 0.465 e. The van der Waals surface area contributed by atoms with Crippen molar-refractivity contribution in [2.24, 2.45) is 0 Å². The Morgan fingerprint density at radius 1 is 1.05 bits per heavy atom. The lowest BCUT2D eigenvalue weighted by Gasteiger charge is -2.34. The van der Waals surface area contributed by atoms with Gasteiger partial charge in [-0.25, -0.2) is 18.2 Å². The lowest BCUT2D eigenvalue weighted by Crippen LogP contribution is -2.48. The summed E-state index contributed by atoms with van der Waals surface area (Å²) in [6.07, 6.45) is -0.899. The molecular formula is C26H25ClN4O4S2. The maximum Gasteiger partial charge on any atom is 0.407 e. The number of carbonyl (C=O) groups is 1. The third-order valence-corrected chi connectivity index (χ3v) is 8.96. The van der Waals surface area contributed by atoms with Gasteiger partial charge < -0.3 is 14.9 Å². The van der Waals surface area contributed by atoms with Gasteiger partial charge in [0.25, 0.3) is 10.0 Å².